The fourth-order valence-electron chi connectivity index (χ4n) is 4.67. The number of nitrogens with one attached hydrogen (secondary N) is 1. The third-order valence-electron chi connectivity index (χ3n) is 7.01. The topological polar surface area (TPSA) is 63.2 Å². The van der Waals surface area contributed by atoms with Crippen molar-refractivity contribution in [1.82, 2.24) is 0 Å². The first-order valence-electron chi connectivity index (χ1n) is 12.8. The largest absolute Gasteiger partial charge is 0.326 e. The smallest absolute Gasteiger partial charge is 0.245 e. The predicted octanol–water partition coefficient (Wildman–Crippen LogP) is 8.91. The molecule has 13 heteroatoms. The van der Waals surface area contributed by atoms with Crippen molar-refractivity contribution in [1.29, 1.82) is 0 Å². The normalized spacial score (nSPS) is 17.4. The summed E-state index contributed by atoms with van der Waals surface area (Å²) in [6, 6.07) is 9.79. The summed E-state index contributed by atoms with van der Waals surface area (Å²) in [4.78, 5) is 38.2. The molecule has 0 radical (unpaired) electrons. The highest BCUT2D eigenvalue weighted by atomic mass is 35.5. The zero-order valence-corrected chi connectivity index (χ0v) is 25.3. The lowest BCUT2D eigenvalue weighted by atomic mass is 9.97. The summed E-state index contributed by atoms with van der Waals surface area (Å²) in [5.41, 5.74) is -0.369. The van der Waals surface area contributed by atoms with Crippen LogP contribution in [0.3, 0.4) is 0 Å². The van der Waals surface area contributed by atoms with E-state index >= 15 is 4.39 Å². The van der Waals surface area contributed by atoms with Gasteiger partial charge in [0.1, 0.15) is 27.6 Å². The van der Waals surface area contributed by atoms with Crippen molar-refractivity contribution in [2.45, 2.75) is 48.8 Å². The lowest BCUT2D eigenvalue weighted by molar-refractivity contribution is -0.120. The number of carbonyl (C=O) groups is 3. The third-order valence-corrected chi connectivity index (χ3v) is 8.57. The SMILES string of the molecule is CC(F)(F)CCC(=O)Cc1c(F)ccc(CC(=O)c2cc(NC(=O)[C@H]3[C@H](c4ccc(F)c(Cl)c4)C3(Cl)Cl)ccc2Cl)c1F. The predicted molar refractivity (Wildman–Crippen MR) is 155 cm³/mol. The zero-order chi connectivity index (χ0) is 31.9. The van der Waals surface area contributed by atoms with E-state index in [0.29, 0.717) is 12.5 Å². The number of rotatable bonds is 11. The molecule has 1 aliphatic rings. The summed E-state index contributed by atoms with van der Waals surface area (Å²) in [6.07, 6.45) is -2.68. The van der Waals surface area contributed by atoms with Crippen molar-refractivity contribution >= 4 is 69.6 Å². The summed E-state index contributed by atoms with van der Waals surface area (Å²) in [5, 5.41) is 2.42. The fourth-order valence-corrected chi connectivity index (χ4v) is 5.91. The first-order valence-corrected chi connectivity index (χ1v) is 14.3. The molecular weight excluding hydrogens is 659 g/mol. The van der Waals surface area contributed by atoms with Gasteiger partial charge in [-0.1, -0.05) is 35.3 Å². The van der Waals surface area contributed by atoms with Gasteiger partial charge in [0.2, 0.25) is 11.8 Å². The van der Waals surface area contributed by atoms with Crippen molar-refractivity contribution < 1.29 is 36.3 Å². The van der Waals surface area contributed by atoms with Gasteiger partial charge >= 0.3 is 0 Å². The Morgan fingerprint density at radius 1 is 0.907 bits per heavy atom. The Labute approximate surface area is 263 Å². The maximum atomic E-state index is 15.2. The molecule has 0 aromatic heterocycles. The summed E-state index contributed by atoms with van der Waals surface area (Å²) >= 11 is 24.7. The molecule has 43 heavy (non-hydrogen) atoms. The zero-order valence-electron chi connectivity index (χ0n) is 22.2. The highest BCUT2D eigenvalue weighted by molar-refractivity contribution is 6.53. The number of hydrogen-bond acceptors (Lipinski definition) is 3. The van der Waals surface area contributed by atoms with Gasteiger partial charge in [-0.05, 0) is 54.4 Å². The summed E-state index contributed by atoms with van der Waals surface area (Å²) in [6.45, 7) is 0.634. The Kier molecular flexibility index (Phi) is 9.81. The van der Waals surface area contributed by atoms with Crippen molar-refractivity contribution in [2.75, 3.05) is 5.32 Å². The second-order valence-electron chi connectivity index (χ2n) is 10.4. The molecule has 3 aromatic carbocycles. The van der Waals surface area contributed by atoms with E-state index in [1.807, 2.05) is 0 Å². The molecule has 3 aromatic rings. The monoisotopic (exact) mass is 679 g/mol. The Hall–Kier alpha value is -2.72. The van der Waals surface area contributed by atoms with Gasteiger partial charge in [0.25, 0.3) is 0 Å². The molecule has 1 aliphatic carbocycles. The number of ketones is 2. The van der Waals surface area contributed by atoms with Crippen LogP contribution < -0.4 is 5.32 Å². The molecule has 0 unspecified atom stereocenters. The lowest BCUT2D eigenvalue weighted by Crippen LogP contribution is -2.18. The Balaban J connectivity index is 1.48. The molecule has 0 spiro atoms. The van der Waals surface area contributed by atoms with Crippen LogP contribution in [0.5, 0.6) is 0 Å². The van der Waals surface area contributed by atoms with E-state index in [1.165, 1.54) is 30.3 Å². The van der Waals surface area contributed by atoms with Gasteiger partial charge in [0.05, 0.1) is 16.0 Å². The minimum atomic E-state index is -3.11. The van der Waals surface area contributed by atoms with E-state index in [4.69, 9.17) is 46.4 Å². The first kappa shape index (κ1) is 33.2. The van der Waals surface area contributed by atoms with Crippen LogP contribution >= 0.6 is 46.4 Å². The van der Waals surface area contributed by atoms with Crippen molar-refractivity contribution in [3.8, 4) is 0 Å². The standard InChI is InChI=1S/C30H22Cl4F5NO3/c1-29(38,39)9-8-17(41)13-19-22(35)6-3-15(27(19)37)11-24(42)18-12-16(4-5-20(18)31)40-28(43)26-25(30(26,33)34)14-2-7-23(36)21(32)10-14/h2-7,10,12,25-26H,8-9,11,13H2,1H3,(H,40,43)/t25-,26+/m0/s1. The minimum absolute atomic E-state index is 0.0179. The minimum Gasteiger partial charge on any atom is -0.326 e. The van der Waals surface area contributed by atoms with Crippen LogP contribution in [-0.2, 0) is 22.4 Å². The van der Waals surface area contributed by atoms with Crippen LogP contribution in [0.4, 0.5) is 27.6 Å². The summed E-state index contributed by atoms with van der Waals surface area (Å²) < 4.78 is 67.7. The molecule has 0 bridgehead atoms. The number of Topliss-reactive ketones (excluding diaryl/α,β-unsaturated/α-hetero) is 2. The number of halogens is 9. The first-order chi connectivity index (χ1) is 20.0. The van der Waals surface area contributed by atoms with Gasteiger partial charge in [-0.2, -0.15) is 0 Å². The summed E-state index contributed by atoms with van der Waals surface area (Å²) in [7, 11) is 0. The highest BCUT2D eigenvalue weighted by Gasteiger charge is 2.67. The van der Waals surface area contributed by atoms with Crippen LogP contribution in [0, 0.1) is 23.4 Å². The average Bonchev–Trinajstić information content (AvgIpc) is 3.50. The van der Waals surface area contributed by atoms with E-state index in [0.717, 1.165) is 18.2 Å². The molecule has 1 amide bonds. The van der Waals surface area contributed by atoms with Crippen LogP contribution in [0.15, 0.2) is 48.5 Å². The van der Waals surface area contributed by atoms with E-state index < -0.39 is 88.3 Å². The van der Waals surface area contributed by atoms with Crippen LogP contribution in [0.1, 0.15) is 52.7 Å². The van der Waals surface area contributed by atoms with Crippen LogP contribution in [-0.4, -0.2) is 27.7 Å². The maximum absolute atomic E-state index is 15.2. The molecule has 228 valence electrons. The molecule has 2 atom stereocenters. The molecule has 0 aliphatic heterocycles. The van der Waals surface area contributed by atoms with Gasteiger partial charge in [-0.15, -0.1) is 23.2 Å². The number of carbonyl (C=O) groups excluding carboxylic acids is 3. The van der Waals surface area contributed by atoms with Crippen molar-refractivity contribution in [3.63, 3.8) is 0 Å². The number of benzene rings is 3. The van der Waals surface area contributed by atoms with Crippen molar-refractivity contribution in [3.05, 3.63) is 98.3 Å². The molecule has 4 rings (SSSR count). The summed E-state index contributed by atoms with van der Waals surface area (Å²) in [5.74, 6) is -9.66. The Morgan fingerprint density at radius 2 is 1.58 bits per heavy atom. The second kappa shape index (κ2) is 12.7. The third kappa shape index (κ3) is 7.69. The Morgan fingerprint density at radius 3 is 2.23 bits per heavy atom. The molecule has 1 saturated carbocycles. The van der Waals surface area contributed by atoms with Gasteiger partial charge in [0, 0.05) is 48.4 Å². The molecule has 1 fully saturated rings. The average molecular weight is 681 g/mol. The van der Waals surface area contributed by atoms with E-state index in [9.17, 15) is 31.9 Å². The number of alkyl halides is 4. The maximum Gasteiger partial charge on any atom is 0.245 e. The van der Waals surface area contributed by atoms with E-state index in [1.54, 1.807) is 0 Å². The van der Waals surface area contributed by atoms with E-state index in [-0.39, 0.29) is 26.9 Å². The van der Waals surface area contributed by atoms with Crippen LogP contribution in [0.25, 0.3) is 0 Å². The quantitative estimate of drug-likeness (QED) is 0.125. The van der Waals surface area contributed by atoms with Crippen molar-refractivity contribution in [2.24, 2.45) is 5.92 Å². The van der Waals surface area contributed by atoms with E-state index in [2.05, 4.69) is 5.32 Å². The number of amides is 1. The molecule has 4 nitrogen and oxygen atoms in total. The van der Waals surface area contributed by atoms with Gasteiger partial charge in [0.15, 0.2) is 5.78 Å². The molecule has 0 heterocycles. The number of anilines is 1. The highest BCUT2D eigenvalue weighted by Crippen LogP contribution is 2.65. The second-order valence-corrected chi connectivity index (χ2v) is 12.6. The van der Waals surface area contributed by atoms with Gasteiger partial charge < -0.3 is 5.32 Å². The molecule has 1 N–H and O–H groups in total. The van der Waals surface area contributed by atoms with Crippen LogP contribution in [0.2, 0.25) is 10.0 Å². The molecular formula is C30H22Cl4F5NO3. The lowest BCUT2D eigenvalue weighted by Gasteiger charge is -2.12. The van der Waals surface area contributed by atoms with Gasteiger partial charge in [-0.3, -0.25) is 14.4 Å². The fraction of sp³-hybridized carbons (Fsp3) is 0.300. The van der Waals surface area contributed by atoms with Gasteiger partial charge in [-0.25, -0.2) is 22.0 Å². The number of hydrogen-bond donors (Lipinski definition) is 1. The molecule has 0 saturated heterocycles. The Bertz CT molecular complexity index is 1610.